The average Bonchev–Trinajstić information content (AvgIpc) is 2.62. The number of hydrogen-bond acceptors (Lipinski definition) is 1. The van der Waals surface area contributed by atoms with Crippen LogP contribution < -0.4 is 0 Å². The van der Waals surface area contributed by atoms with Gasteiger partial charge in [0.1, 0.15) is 0 Å². The third-order valence-electron chi connectivity index (χ3n) is 2.60. The van der Waals surface area contributed by atoms with Crippen LogP contribution in [0.25, 0.3) is 0 Å². The summed E-state index contributed by atoms with van der Waals surface area (Å²) in [7, 11) is 0. The lowest BCUT2D eigenvalue weighted by molar-refractivity contribution is 0.301. The van der Waals surface area contributed by atoms with Gasteiger partial charge in [0.05, 0.1) is 0 Å². The van der Waals surface area contributed by atoms with Gasteiger partial charge in [0, 0.05) is 13.1 Å². The summed E-state index contributed by atoms with van der Waals surface area (Å²) in [6.45, 7) is 11.8. The lowest BCUT2D eigenvalue weighted by atomic mass is 10.1. The van der Waals surface area contributed by atoms with Gasteiger partial charge in [0.2, 0.25) is 0 Å². The van der Waals surface area contributed by atoms with E-state index in [-0.39, 0.29) is 0 Å². The molecule has 0 aromatic heterocycles. The first-order valence-corrected chi connectivity index (χ1v) is 5.60. The van der Waals surface area contributed by atoms with Crippen LogP contribution in [0.15, 0.2) is 18.2 Å². The van der Waals surface area contributed by atoms with Crippen molar-refractivity contribution in [2.75, 3.05) is 6.54 Å². The number of rotatable bonds is 1. The van der Waals surface area contributed by atoms with E-state index in [1.165, 1.54) is 16.7 Å². The van der Waals surface area contributed by atoms with Crippen LogP contribution >= 0.6 is 0 Å². The molecule has 0 saturated heterocycles. The quantitative estimate of drug-likeness (QED) is 0.658. The van der Waals surface area contributed by atoms with Crippen LogP contribution in [0.5, 0.6) is 0 Å². The molecule has 1 nitrogen and oxygen atoms in total. The molecule has 0 N–H and O–H groups in total. The minimum atomic E-state index is 1.14. The van der Waals surface area contributed by atoms with E-state index >= 15 is 0 Å². The molecule has 0 fully saturated rings. The Hall–Kier alpha value is -0.820. The molecule has 2 rings (SSSR count). The molecule has 1 aromatic carbocycles. The minimum Gasteiger partial charge on any atom is -0.295 e. The maximum absolute atomic E-state index is 2.46. The molecular weight excluding hydrogens is 170 g/mol. The molecule has 0 radical (unpaired) electrons. The Bertz CT molecular complexity index is 291. The fraction of sp³-hybridized carbons (Fsp3) is 0.538. The number of fused-ring (bicyclic) bond motifs is 1. The smallest absolute Gasteiger partial charge is 0.0240 e. The molecule has 1 heterocycles. The van der Waals surface area contributed by atoms with Gasteiger partial charge in [0.25, 0.3) is 0 Å². The summed E-state index contributed by atoms with van der Waals surface area (Å²) in [6.07, 6.45) is 0. The Morgan fingerprint density at radius 1 is 1.14 bits per heavy atom. The van der Waals surface area contributed by atoms with E-state index in [9.17, 15) is 0 Å². The highest BCUT2D eigenvalue weighted by Gasteiger charge is 2.16. The molecule has 0 amide bonds. The van der Waals surface area contributed by atoms with Crippen LogP contribution in [0, 0.1) is 6.92 Å². The van der Waals surface area contributed by atoms with E-state index in [0.717, 1.165) is 19.6 Å². The predicted octanol–water partition coefficient (Wildman–Crippen LogP) is 3.36. The van der Waals surface area contributed by atoms with Crippen LogP contribution in [0.2, 0.25) is 0 Å². The van der Waals surface area contributed by atoms with E-state index in [4.69, 9.17) is 0 Å². The Morgan fingerprint density at radius 2 is 1.79 bits per heavy atom. The maximum atomic E-state index is 2.46. The predicted molar refractivity (Wildman–Crippen MR) is 62.3 cm³/mol. The third-order valence-corrected chi connectivity index (χ3v) is 2.60. The van der Waals surface area contributed by atoms with Gasteiger partial charge in [-0.05, 0) is 24.6 Å². The van der Waals surface area contributed by atoms with Gasteiger partial charge in [0.15, 0.2) is 0 Å². The maximum Gasteiger partial charge on any atom is 0.0240 e. The summed E-state index contributed by atoms with van der Waals surface area (Å²) in [5, 5.41) is 0. The number of aryl methyl sites for hydroxylation is 1. The van der Waals surface area contributed by atoms with Crippen molar-refractivity contribution in [1.82, 2.24) is 4.90 Å². The largest absolute Gasteiger partial charge is 0.295 e. The molecule has 1 aliphatic heterocycles. The van der Waals surface area contributed by atoms with Crippen molar-refractivity contribution in [2.45, 2.75) is 40.8 Å². The summed E-state index contributed by atoms with van der Waals surface area (Å²) < 4.78 is 0. The molecule has 1 aromatic rings. The van der Waals surface area contributed by atoms with E-state index in [1.807, 2.05) is 13.8 Å². The first-order valence-electron chi connectivity index (χ1n) is 5.60. The third kappa shape index (κ3) is 2.36. The number of nitrogens with zero attached hydrogens (tertiary/aromatic N) is 1. The second-order valence-electron chi connectivity index (χ2n) is 3.58. The normalized spacial score (nSPS) is 14.6. The van der Waals surface area contributed by atoms with Crippen LogP contribution in [-0.4, -0.2) is 11.4 Å². The second kappa shape index (κ2) is 5.16. The van der Waals surface area contributed by atoms with Crippen LogP contribution in [0.3, 0.4) is 0 Å². The van der Waals surface area contributed by atoms with E-state index < -0.39 is 0 Å². The topological polar surface area (TPSA) is 3.24 Å². The number of hydrogen-bond donors (Lipinski definition) is 0. The Morgan fingerprint density at radius 3 is 2.43 bits per heavy atom. The molecule has 14 heavy (non-hydrogen) atoms. The summed E-state index contributed by atoms with van der Waals surface area (Å²) >= 11 is 0. The van der Waals surface area contributed by atoms with Gasteiger partial charge >= 0.3 is 0 Å². The van der Waals surface area contributed by atoms with E-state index in [2.05, 4.69) is 36.9 Å². The summed E-state index contributed by atoms with van der Waals surface area (Å²) in [4.78, 5) is 2.46. The van der Waals surface area contributed by atoms with Crippen molar-refractivity contribution in [3.63, 3.8) is 0 Å². The molecular formula is C13H21N. The van der Waals surface area contributed by atoms with Crippen molar-refractivity contribution >= 4 is 0 Å². The average molecular weight is 191 g/mol. The molecule has 0 spiro atoms. The lowest BCUT2D eigenvalue weighted by Gasteiger charge is -2.09. The zero-order chi connectivity index (χ0) is 10.6. The monoisotopic (exact) mass is 191 g/mol. The molecule has 78 valence electrons. The lowest BCUT2D eigenvalue weighted by Crippen LogP contribution is -2.14. The SMILES string of the molecule is CC.CCN1Cc2ccc(C)cc2C1. The van der Waals surface area contributed by atoms with Crippen molar-refractivity contribution in [3.05, 3.63) is 34.9 Å². The first kappa shape index (κ1) is 11.3. The fourth-order valence-electron chi connectivity index (χ4n) is 1.82. The second-order valence-corrected chi connectivity index (χ2v) is 3.58. The highest BCUT2D eigenvalue weighted by atomic mass is 15.1. The summed E-state index contributed by atoms with van der Waals surface area (Å²) in [5.74, 6) is 0. The van der Waals surface area contributed by atoms with Gasteiger partial charge in [-0.2, -0.15) is 0 Å². The summed E-state index contributed by atoms with van der Waals surface area (Å²) in [6, 6.07) is 6.78. The Balaban J connectivity index is 0.000000461. The molecule has 0 saturated carbocycles. The van der Waals surface area contributed by atoms with Crippen molar-refractivity contribution < 1.29 is 0 Å². The molecule has 0 unspecified atom stereocenters. The fourth-order valence-corrected chi connectivity index (χ4v) is 1.82. The zero-order valence-corrected chi connectivity index (χ0v) is 9.80. The van der Waals surface area contributed by atoms with Crippen LogP contribution in [-0.2, 0) is 13.1 Å². The van der Waals surface area contributed by atoms with Gasteiger partial charge < -0.3 is 0 Å². The van der Waals surface area contributed by atoms with E-state index in [0.29, 0.717) is 0 Å². The standard InChI is InChI=1S/C11H15N.C2H6/c1-3-12-7-10-5-4-9(2)6-11(10)8-12;1-2/h4-6H,3,7-8H2,1-2H3;1-2H3. The van der Waals surface area contributed by atoms with Crippen molar-refractivity contribution in [1.29, 1.82) is 0 Å². The van der Waals surface area contributed by atoms with Crippen molar-refractivity contribution in [2.24, 2.45) is 0 Å². The first-order chi connectivity index (χ1) is 6.79. The number of benzene rings is 1. The van der Waals surface area contributed by atoms with Gasteiger partial charge in [-0.15, -0.1) is 0 Å². The molecule has 0 atom stereocenters. The Labute approximate surface area is 87.7 Å². The van der Waals surface area contributed by atoms with E-state index in [1.54, 1.807) is 0 Å². The minimum absolute atomic E-state index is 1.14. The van der Waals surface area contributed by atoms with Gasteiger partial charge in [-0.25, -0.2) is 0 Å². The summed E-state index contributed by atoms with van der Waals surface area (Å²) in [5.41, 5.74) is 4.42. The van der Waals surface area contributed by atoms with Crippen LogP contribution in [0.4, 0.5) is 0 Å². The van der Waals surface area contributed by atoms with Gasteiger partial charge in [-0.3, -0.25) is 4.90 Å². The highest BCUT2D eigenvalue weighted by molar-refractivity contribution is 5.34. The molecule has 1 heteroatoms. The van der Waals surface area contributed by atoms with Crippen LogP contribution in [0.1, 0.15) is 37.5 Å². The molecule has 0 bridgehead atoms. The highest BCUT2D eigenvalue weighted by Crippen LogP contribution is 2.22. The molecule has 0 aliphatic carbocycles. The molecule has 1 aliphatic rings. The zero-order valence-electron chi connectivity index (χ0n) is 9.80. The Kier molecular flexibility index (Phi) is 4.15. The van der Waals surface area contributed by atoms with Crippen molar-refractivity contribution in [3.8, 4) is 0 Å². The van der Waals surface area contributed by atoms with Gasteiger partial charge in [-0.1, -0.05) is 44.5 Å².